The number of hydrogen-bond acceptors (Lipinski definition) is 8. The van der Waals surface area contributed by atoms with Gasteiger partial charge in [-0.05, 0) is 29.5 Å². The van der Waals surface area contributed by atoms with Gasteiger partial charge in [-0.2, -0.15) is 0 Å². The summed E-state index contributed by atoms with van der Waals surface area (Å²) in [5.74, 6) is -1.22. The normalized spacial score (nSPS) is 19.1. The van der Waals surface area contributed by atoms with E-state index in [1.54, 1.807) is 6.92 Å². The van der Waals surface area contributed by atoms with E-state index in [4.69, 9.17) is 19.9 Å². The van der Waals surface area contributed by atoms with Crippen molar-refractivity contribution in [2.24, 2.45) is 11.7 Å². The number of carbonyl (C=O) groups is 2. The van der Waals surface area contributed by atoms with Crippen molar-refractivity contribution in [3.63, 3.8) is 0 Å². The van der Waals surface area contributed by atoms with Crippen LogP contribution in [-0.4, -0.2) is 46.3 Å². The standard InChI is InChI=1S/C37H41N3O7/c1-4-24(2)33(38)35(43)47-29-20-31(40-22-25(3)34(42)39-36(40)44)46-30(29)23-45-32(41)21-37(26-14-8-5-9-15-26,27-16-10-6-11-17-27)28-18-12-7-13-19-28/h5-19,22,24,29-31,33H,4,20-21,23,38H2,1-3H3,(H,39,42,44)/t24-,29-,30+,31+,33-/m0/s1. The maximum atomic E-state index is 13.9. The Morgan fingerprint density at radius 3 is 2.00 bits per heavy atom. The van der Waals surface area contributed by atoms with E-state index in [-0.39, 0.29) is 25.4 Å². The maximum Gasteiger partial charge on any atom is 0.330 e. The molecule has 2 heterocycles. The molecule has 5 rings (SSSR count). The fourth-order valence-electron chi connectivity index (χ4n) is 6.08. The van der Waals surface area contributed by atoms with E-state index in [2.05, 4.69) is 4.98 Å². The number of nitrogens with one attached hydrogen (secondary N) is 1. The number of hydrogen-bond donors (Lipinski definition) is 2. The highest BCUT2D eigenvalue weighted by Gasteiger charge is 2.43. The number of carbonyl (C=O) groups excluding carboxylic acids is 2. The highest BCUT2D eigenvalue weighted by molar-refractivity contribution is 5.76. The first-order valence-corrected chi connectivity index (χ1v) is 15.9. The Kier molecular flexibility index (Phi) is 10.5. The molecule has 3 N–H and O–H groups in total. The van der Waals surface area contributed by atoms with Crippen molar-refractivity contribution in [3.05, 3.63) is 140 Å². The summed E-state index contributed by atoms with van der Waals surface area (Å²) in [6, 6.07) is 28.6. The Balaban J connectivity index is 1.43. The molecule has 0 aliphatic carbocycles. The first kappa shape index (κ1) is 33.6. The summed E-state index contributed by atoms with van der Waals surface area (Å²) in [6.45, 7) is 5.13. The average molecular weight is 640 g/mol. The SMILES string of the molecule is CC[C@H](C)[C@H](N)C(=O)O[C@H]1C[C@H](n2cc(C)c(=O)[nH]c2=O)O[C@@H]1COC(=O)CC(c1ccccc1)(c1ccccc1)c1ccccc1. The number of nitrogens with zero attached hydrogens (tertiary/aromatic N) is 1. The van der Waals surface area contributed by atoms with Gasteiger partial charge in [-0.25, -0.2) is 4.79 Å². The van der Waals surface area contributed by atoms with Gasteiger partial charge in [0.05, 0.1) is 11.8 Å². The lowest BCUT2D eigenvalue weighted by atomic mass is 9.67. The molecule has 3 aromatic carbocycles. The van der Waals surface area contributed by atoms with E-state index in [9.17, 15) is 19.2 Å². The third-order valence-electron chi connectivity index (χ3n) is 9.05. The molecule has 0 spiro atoms. The number of H-pyrrole nitrogens is 1. The lowest BCUT2D eigenvalue weighted by Gasteiger charge is -2.35. The number of nitrogens with two attached hydrogens (primary N) is 1. The topological polar surface area (TPSA) is 143 Å². The lowest BCUT2D eigenvalue weighted by Crippen LogP contribution is -2.42. The number of ether oxygens (including phenoxy) is 3. The highest BCUT2D eigenvalue weighted by Crippen LogP contribution is 2.42. The van der Waals surface area contributed by atoms with Crippen molar-refractivity contribution in [1.82, 2.24) is 9.55 Å². The van der Waals surface area contributed by atoms with Crippen molar-refractivity contribution in [3.8, 4) is 0 Å². The molecule has 1 saturated heterocycles. The molecule has 5 atom stereocenters. The Morgan fingerprint density at radius 1 is 0.957 bits per heavy atom. The number of aromatic nitrogens is 2. The van der Waals surface area contributed by atoms with Crippen LogP contribution in [0.5, 0.6) is 0 Å². The van der Waals surface area contributed by atoms with E-state index in [0.29, 0.717) is 12.0 Å². The van der Waals surface area contributed by atoms with Crippen molar-refractivity contribution in [1.29, 1.82) is 0 Å². The zero-order chi connectivity index (χ0) is 33.6. The minimum atomic E-state index is -0.893. The summed E-state index contributed by atoms with van der Waals surface area (Å²) in [5.41, 5.74) is 7.21. The lowest BCUT2D eigenvalue weighted by molar-refractivity contribution is -0.160. The maximum absolute atomic E-state index is 13.9. The van der Waals surface area contributed by atoms with Crippen molar-refractivity contribution in [2.75, 3.05) is 6.61 Å². The minimum absolute atomic E-state index is 0.0247. The van der Waals surface area contributed by atoms with Gasteiger partial charge in [-0.15, -0.1) is 0 Å². The quantitative estimate of drug-likeness (QED) is 0.172. The molecule has 0 amide bonds. The molecule has 0 unspecified atom stereocenters. The van der Waals surface area contributed by atoms with Crippen LogP contribution in [0.4, 0.5) is 0 Å². The number of rotatable bonds is 12. The third kappa shape index (κ3) is 7.29. The van der Waals surface area contributed by atoms with Crippen LogP contribution >= 0.6 is 0 Å². The molecule has 47 heavy (non-hydrogen) atoms. The summed E-state index contributed by atoms with van der Waals surface area (Å²) in [4.78, 5) is 53.9. The van der Waals surface area contributed by atoms with Gasteiger partial charge in [-0.3, -0.25) is 23.9 Å². The van der Waals surface area contributed by atoms with Gasteiger partial charge in [0, 0.05) is 18.2 Å². The fraction of sp³-hybridized carbons (Fsp3) is 0.351. The zero-order valence-electron chi connectivity index (χ0n) is 26.8. The van der Waals surface area contributed by atoms with Gasteiger partial charge < -0.3 is 19.9 Å². The van der Waals surface area contributed by atoms with E-state index in [0.717, 1.165) is 16.7 Å². The van der Waals surface area contributed by atoms with E-state index in [1.807, 2.05) is 105 Å². The van der Waals surface area contributed by atoms with Gasteiger partial charge in [0.2, 0.25) is 0 Å². The minimum Gasteiger partial charge on any atom is -0.463 e. The molecule has 0 saturated carbocycles. The molecule has 1 aliphatic rings. The van der Waals surface area contributed by atoms with Gasteiger partial charge in [-0.1, -0.05) is 111 Å². The van der Waals surface area contributed by atoms with E-state index in [1.165, 1.54) is 10.8 Å². The number of esters is 2. The predicted octanol–water partition coefficient (Wildman–Crippen LogP) is 4.39. The number of benzene rings is 3. The molecular weight excluding hydrogens is 598 g/mol. The Bertz CT molecular complexity index is 1680. The smallest absolute Gasteiger partial charge is 0.330 e. The van der Waals surface area contributed by atoms with Crippen LogP contribution in [0.2, 0.25) is 0 Å². The van der Waals surface area contributed by atoms with Gasteiger partial charge in [0.15, 0.2) is 0 Å². The largest absolute Gasteiger partial charge is 0.463 e. The van der Waals surface area contributed by atoms with Crippen LogP contribution in [0.25, 0.3) is 0 Å². The van der Waals surface area contributed by atoms with Crippen LogP contribution in [0, 0.1) is 12.8 Å². The van der Waals surface area contributed by atoms with E-state index < -0.39 is 53.1 Å². The van der Waals surface area contributed by atoms with Crippen LogP contribution in [0.1, 0.15) is 61.6 Å². The predicted molar refractivity (Wildman–Crippen MR) is 177 cm³/mol. The highest BCUT2D eigenvalue weighted by atomic mass is 16.6. The van der Waals surface area contributed by atoms with Crippen LogP contribution in [0.3, 0.4) is 0 Å². The van der Waals surface area contributed by atoms with Gasteiger partial charge in [0.1, 0.15) is 31.1 Å². The Morgan fingerprint density at radius 2 is 1.49 bits per heavy atom. The van der Waals surface area contributed by atoms with Crippen LogP contribution in [-0.2, 0) is 29.2 Å². The molecular formula is C37H41N3O7. The molecule has 0 radical (unpaired) electrons. The van der Waals surface area contributed by atoms with E-state index >= 15 is 0 Å². The molecule has 0 bridgehead atoms. The molecule has 1 aliphatic heterocycles. The molecule has 10 nitrogen and oxygen atoms in total. The van der Waals surface area contributed by atoms with Crippen molar-refractivity contribution < 1.29 is 23.8 Å². The van der Waals surface area contributed by atoms with Gasteiger partial charge >= 0.3 is 17.6 Å². The Labute approximate surface area is 273 Å². The molecule has 1 aromatic heterocycles. The van der Waals surface area contributed by atoms with Crippen LogP contribution in [0.15, 0.2) is 107 Å². The summed E-state index contributed by atoms with van der Waals surface area (Å²) in [7, 11) is 0. The molecule has 246 valence electrons. The summed E-state index contributed by atoms with van der Waals surface area (Å²) in [5, 5.41) is 0. The van der Waals surface area contributed by atoms with Crippen molar-refractivity contribution >= 4 is 11.9 Å². The number of aromatic amines is 1. The van der Waals surface area contributed by atoms with Gasteiger partial charge in [0.25, 0.3) is 5.56 Å². The first-order valence-electron chi connectivity index (χ1n) is 15.9. The van der Waals surface area contributed by atoms with Crippen LogP contribution < -0.4 is 17.0 Å². The molecule has 1 fully saturated rings. The molecule has 10 heteroatoms. The second kappa shape index (κ2) is 14.7. The summed E-state index contributed by atoms with van der Waals surface area (Å²) >= 11 is 0. The second-order valence-electron chi connectivity index (χ2n) is 12.1. The second-order valence-corrected chi connectivity index (χ2v) is 12.1. The molecule has 4 aromatic rings. The third-order valence-corrected chi connectivity index (χ3v) is 9.05. The zero-order valence-corrected chi connectivity index (χ0v) is 26.8. The Hall–Kier alpha value is -4.80. The average Bonchev–Trinajstić information content (AvgIpc) is 3.50. The number of aryl methyl sites for hydroxylation is 1. The first-order chi connectivity index (χ1) is 22.6. The van der Waals surface area contributed by atoms with Crippen molar-refractivity contribution in [2.45, 2.75) is 69.9 Å². The summed E-state index contributed by atoms with van der Waals surface area (Å²) < 4.78 is 19.2. The summed E-state index contributed by atoms with van der Waals surface area (Å²) in [6.07, 6.45) is -0.488. The fourth-order valence-corrected chi connectivity index (χ4v) is 6.08. The monoisotopic (exact) mass is 639 g/mol.